The summed E-state index contributed by atoms with van der Waals surface area (Å²) in [4.78, 5) is 0. The van der Waals surface area contributed by atoms with E-state index in [0.29, 0.717) is 6.04 Å². The van der Waals surface area contributed by atoms with Crippen LogP contribution in [0.15, 0.2) is 104 Å². The van der Waals surface area contributed by atoms with Gasteiger partial charge < -0.3 is 16.9 Å². The maximum atomic E-state index is 3.89. The third-order valence-electron chi connectivity index (χ3n) is 3.65. The van der Waals surface area contributed by atoms with Crippen molar-refractivity contribution in [3.63, 3.8) is 0 Å². The highest BCUT2D eigenvalue weighted by molar-refractivity contribution is 5.50. The first-order chi connectivity index (χ1) is 12.0. The quantitative estimate of drug-likeness (QED) is 0.418. The number of nitrogens with zero attached hydrogens (tertiary/aromatic N) is 1. The number of hydrogen-bond donors (Lipinski definition) is 0. The fourth-order valence-electron chi connectivity index (χ4n) is 2.42. The topological polar surface area (TPSA) is 0 Å². The molecule has 2 heteroatoms. The summed E-state index contributed by atoms with van der Waals surface area (Å²) in [7, 11) is 6.54. The van der Waals surface area contributed by atoms with Crippen LogP contribution < -0.4 is 12.4 Å². The van der Waals surface area contributed by atoms with Crippen molar-refractivity contribution in [2.45, 2.75) is 6.04 Å². The maximum absolute atomic E-state index is 3.89. The lowest BCUT2D eigenvalue weighted by Crippen LogP contribution is -3.00. The molecule has 0 saturated carbocycles. The second-order valence-corrected chi connectivity index (χ2v) is 6.60. The minimum absolute atomic E-state index is 0. The van der Waals surface area contributed by atoms with Gasteiger partial charge in [0.05, 0.1) is 21.1 Å². The van der Waals surface area contributed by atoms with Gasteiger partial charge in [0, 0.05) is 5.56 Å². The summed E-state index contributed by atoms with van der Waals surface area (Å²) in [6.45, 7) is 7.47. The molecular weight excluding hydrogens is 338 g/mol. The molecule has 1 atom stereocenters. The molecule has 0 heterocycles. The van der Waals surface area contributed by atoms with Crippen molar-refractivity contribution in [2.24, 2.45) is 0 Å². The van der Waals surface area contributed by atoms with Crippen molar-refractivity contribution in [3.8, 4) is 0 Å². The Bertz CT molecular complexity index is 679. The lowest BCUT2D eigenvalue weighted by Gasteiger charge is -2.32. The summed E-state index contributed by atoms with van der Waals surface area (Å²) in [5.74, 6) is 0. The van der Waals surface area contributed by atoms with E-state index in [9.17, 15) is 0 Å². The van der Waals surface area contributed by atoms with Crippen molar-refractivity contribution < 1.29 is 16.9 Å². The standard InChI is InChI=1S/C12H18N.C12H12.ClH/c1-5-12(13(2,3)4)11-9-7-6-8-10-11;1-2-3-4-6-9-12-10-7-5-8-11-12;/h5-10,12H,1H2,2-4H3;2-11H,1H2;1H/q+1;;/p-1. The zero-order valence-corrected chi connectivity index (χ0v) is 16.8. The number of halogens is 1. The molecule has 2 aromatic rings. The molecule has 0 saturated heterocycles. The molecule has 1 unspecified atom stereocenters. The molecule has 0 fully saturated rings. The summed E-state index contributed by atoms with van der Waals surface area (Å²) in [6, 6.07) is 21.1. The van der Waals surface area contributed by atoms with Crippen LogP contribution in [0.25, 0.3) is 6.08 Å². The smallest absolute Gasteiger partial charge is 0.133 e. The maximum Gasteiger partial charge on any atom is 0.133 e. The zero-order valence-electron chi connectivity index (χ0n) is 16.1. The Morgan fingerprint density at radius 3 is 1.77 bits per heavy atom. The van der Waals surface area contributed by atoms with Crippen LogP contribution in [0.2, 0.25) is 0 Å². The number of benzene rings is 2. The fourth-order valence-corrected chi connectivity index (χ4v) is 2.42. The largest absolute Gasteiger partial charge is 1.00 e. The molecule has 0 aliphatic heterocycles. The van der Waals surface area contributed by atoms with Crippen LogP contribution in [-0.2, 0) is 0 Å². The summed E-state index contributed by atoms with van der Waals surface area (Å²) in [6.07, 6.45) is 11.7. The predicted octanol–water partition coefficient (Wildman–Crippen LogP) is 3.07. The van der Waals surface area contributed by atoms with Gasteiger partial charge in [-0.1, -0.05) is 104 Å². The Kier molecular flexibility index (Phi) is 11.8. The van der Waals surface area contributed by atoms with E-state index in [0.717, 1.165) is 4.48 Å². The summed E-state index contributed by atoms with van der Waals surface area (Å²) in [5.41, 5.74) is 2.54. The molecule has 0 spiro atoms. The van der Waals surface area contributed by atoms with Gasteiger partial charge in [0.2, 0.25) is 0 Å². The Hall–Kier alpha value is -2.35. The van der Waals surface area contributed by atoms with Crippen LogP contribution >= 0.6 is 0 Å². The van der Waals surface area contributed by atoms with Crippen molar-refractivity contribution in [2.75, 3.05) is 21.1 Å². The highest BCUT2D eigenvalue weighted by atomic mass is 35.5. The Morgan fingerprint density at radius 1 is 0.769 bits per heavy atom. The Morgan fingerprint density at radius 2 is 1.31 bits per heavy atom. The second kappa shape index (κ2) is 12.9. The van der Waals surface area contributed by atoms with Crippen molar-refractivity contribution in [3.05, 3.63) is 115 Å². The van der Waals surface area contributed by atoms with Crippen LogP contribution in [0.3, 0.4) is 0 Å². The molecule has 0 bridgehead atoms. The summed E-state index contributed by atoms with van der Waals surface area (Å²) in [5, 5.41) is 0. The van der Waals surface area contributed by atoms with Gasteiger partial charge in [-0.3, -0.25) is 0 Å². The first-order valence-electron chi connectivity index (χ1n) is 8.48. The van der Waals surface area contributed by atoms with Crippen LogP contribution in [-0.4, -0.2) is 25.6 Å². The number of quaternary nitrogens is 1. The molecule has 0 amide bonds. The minimum Gasteiger partial charge on any atom is -1.00 e. The van der Waals surface area contributed by atoms with Crippen molar-refractivity contribution in [1.29, 1.82) is 0 Å². The molecule has 2 aromatic carbocycles. The van der Waals surface area contributed by atoms with Gasteiger partial charge in [-0.25, -0.2) is 0 Å². The van der Waals surface area contributed by atoms with Gasteiger partial charge in [-0.15, -0.1) is 0 Å². The van der Waals surface area contributed by atoms with Gasteiger partial charge in [-0.05, 0) is 11.6 Å². The average Bonchev–Trinajstić information content (AvgIpc) is 2.61. The molecule has 138 valence electrons. The van der Waals surface area contributed by atoms with E-state index in [4.69, 9.17) is 0 Å². The van der Waals surface area contributed by atoms with E-state index >= 15 is 0 Å². The number of allylic oxidation sites excluding steroid dienone is 4. The highest BCUT2D eigenvalue weighted by Crippen LogP contribution is 2.23. The predicted molar refractivity (Wildman–Crippen MR) is 112 cm³/mol. The SMILES string of the molecule is C=CC(c1ccccc1)[N+](C)(C)C.C=CC=CC=Cc1ccccc1.[Cl-]. The van der Waals surface area contributed by atoms with Gasteiger partial charge in [0.25, 0.3) is 0 Å². The van der Waals surface area contributed by atoms with Crippen LogP contribution in [0.5, 0.6) is 0 Å². The number of hydrogen-bond acceptors (Lipinski definition) is 0. The Balaban J connectivity index is 0.000000464. The van der Waals surface area contributed by atoms with E-state index in [1.54, 1.807) is 6.08 Å². The Labute approximate surface area is 165 Å². The molecule has 0 aromatic heterocycles. The third-order valence-corrected chi connectivity index (χ3v) is 3.65. The average molecular weight is 368 g/mol. The zero-order chi connectivity index (χ0) is 18.5. The lowest BCUT2D eigenvalue weighted by molar-refractivity contribution is -0.895. The minimum atomic E-state index is 0. The normalized spacial score (nSPS) is 12.0. The molecule has 26 heavy (non-hydrogen) atoms. The van der Waals surface area contributed by atoms with Crippen LogP contribution in [0.4, 0.5) is 0 Å². The first-order valence-corrected chi connectivity index (χ1v) is 8.48. The van der Waals surface area contributed by atoms with Crippen molar-refractivity contribution in [1.82, 2.24) is 0 Å². The molecule has 0 N–H and O–H groups in total. The summed E-state index contributed by atoms with van der Waals surface area (Å²) < 4.78 is 0.882. The lowest BCUT2D eigenvalue weighted by atomic mass is 10.1. The van der Waals surface area contributed by atoms with E-state index in [1.807, 2.05) is 48.6 Å². The fraction of sp³-hybridized carbons (Fsp3) is 0.167. The second-order valence-electron chi connectivity index (χ2n) is 6.60. The molecule has 0 radical (unpaired) electrons. The van der Waals surface area contributed by atoms with Gasteiger partial charge in [0.1, 0.15) is 6.04 Å². The molecule has 1 nitrogen and oxygen atoms in total. The van der Waals surface area contributed by atoms with E-state index in [2.05, 4.69) is 76.8 Å². The van der Waals surface area contributed by atoms with E-state index in [1.165, 1.54) is 11.1 Å². The van der Waals surface area contributed by atoms with Crippen LogP contribution in [0, 0.1) is 0 Å². The highest BCUT2D eigenvalue weighted by Gasteiger charge is 2.21. The van der Waals surface area contributed by atoms with E-state index < -0.39 is 0 Å². The molecule has 0 aliphatic carbocycles. The van der Waals surface area contributed by atoms with Crippen molar-refractivity contribution >= 4 is 6.08 Å². The number of likely N-dealkylation sites (N-methyl/N-ethyl adjacent to an activating group) is 1. The van der Waals surface area contributed by atoms with Crippen LogP contribution in [0.1, 0.15) is 17.2 Å². The molecule has 2 rings (SSSR count). The first kappa shape index (κ1) is 23.7. The van der Waals surface area contributed by atoms with Gasteiger partial charge in [-0.2, -0.15) is 0 Å². The van der Waals surface area contributed by atoms with E-state index in [-0.39, 0.29) is 12.4 Å². The van der Waals surface area contributed by atoms with Gasteiger partial charge >= 0.3 is 0 Å². The molecular formula is C24H30ClN. The third kappa shape index (κ3) is 9.22. The molecule has 0 aliphatic rings. The monoisotopic (exact) mass is 367 g/mol. The summed E-state index contributed by atoms with van der Waals surface area (Å²) >= 11 is 0. The number of rotatable bonds is 6. The van der Waals surface area contributed by atoms with Gasteiger partial charge in [0.15, 0.2) is 0 Å².